The van der Waals surface area contributed by atoms with Crippen molar-refractivity contribution in [2.75, 3.05) is 0 Å². The monoisotopic (exact) mass is 224 g/mol. The van der Waals surface area contributed by atoms with E-state index in [1.54, 1.807) is 6.92 Å². The molecule has 0 spiro atoms. The van der Waals surface area contributed by atoms with E-state index in [0.29, 0.717) is 11.5 Å². The maximum absolute atomic E-state index is 11.6. The van der Waals surface area contributed by atoms with Crippen molar-refractivity contribution in [2.45, 2.75) is 59.5 Å². The van der Waals surface area contributed by atoms with Crippen molar-refractivity contribution in [2.24, 2.45) is 11.3 Å². The molecule has 0 heterocycles. The quantitative estimate of drug-likeness (QED) is 0.528. The second kappa shape index (κ2) is 4.23. The Labute approximate surface area is 99.1 Å². The van der Waals surface area contributed by atoms with E-state index in [2.05, 4.69) is 27.4 Å². The van der Waals surface area contributed by atoms with Gasteiger partial charge >= 0.3 is 5.97 Å². The fraction of sp³-hybridized carbons (Fsp3) is 0.786. The van der Waals surface area contributed by atoms with Gasteiger partial charge in [0, 0.05) is 5.57 Å². The van der Waals surface area contributed by atoms with Gasteiger partial charge in [-0.25, -0.2) is 4.79 Å². The topological polar surface area (TPSA) is 26.3 Å². The molecule has 0 N–H and O–H groups in total. The van der Waals surface area contributed by atoms with Crippen LogP contribution in [0.15, 0.2) is 12.2 Å². The third-order valence-electron chi connectivity index (χ3n) is 3.96. The van der Waals surface area contributed by atoms with Gasteiger partial charge in [-0.05, 0) is 44.4 Å². The van der Waals surface area contributed by atoms with Crippen LogP contribution < -0.4 is 0 Å². The van der Waals surface area contributed by atoms with Gasteiger partial charge in [-0.1, -0.05) is 27.4 Å². The Balaban J connectivity index is 2.73. The number of carbonyl (C=O) groups is 1. The van der Waals surface area contributed by atoms with Gasteiger partial charge in [-0.15, -0.1) is 0 Å². The summed E-state index contributed by atoms with van der Waals surface area (Å²) >= 11 is 0. The normalized spacial score (nSPS) is 33.2. The maximum atomic E-state index is 11.6. The highest BCUT2D eigenvalue weighted by atomic mass is 16.6. The van der Waals surface area contributed by atoms with E-state index in [1.807, 2.05) is 6.92 Å². The van der Waals surface area contributed by atoms with Crippen molar-refractivity contribution in [1.29, 1.82) is 0 Å². The molecule has 1 aliphatic carbocycles. The molecule has 1 saturated carbocycles. The minimum absolute atomic E-state index is 0.238. The van der Waals surface area contributed by atoms with E-state index in [4.69, 9.17) is 4.74 Å². The Morgan fingerprint density at radius 2 is 1.94 bits per heavy atom. The van der Waals surface area contributed by atoms with Gasteiger partial charge in [0.1, 0.15) is 5.60 Å². The smallest absolute Gasteiger partial charge is 0.333 e. The number of hydrogen-bond donors (Lipinski definition) is 0. The van der Waals surface area contributed by atoms with E-state index in [0.717, 1.165) is 19.3 Å². The molecule has 0 aromatic rings. The van der Waals surface area contributed by atoms with Crippen molar-refractivity contribution in [3.05, 3.63) is 12.2 Å². The van der Waals surface area contributed by atoms with Crippen LogP contribution in [0.1, 0.15) is 53.9 Å². The van der Waals surface area contributed by atoms with Gasteiger partial charge in [0.2, 0.25) is 0 Å². The summed E-state index contributed by atoms with van der Waals surface area (Å²) in [7, 11) is 0. The largest absolute Gasteiger partial charge is 0.456 e. The highest BCUT2D eigenvalue weighted by molar-refractivity contribution is 5.87. The zero-order chi connectivity index (χ0) is 12.6. The van der Waals surface area contributed by atoms with Crippen LogP contribution in [-0.2, 0) is 9.53 Å². The van der Waals surface area contributed by atoms with Crippen molar-refractivity contribution in [3.8, 4) is 0 Å². The fourth-order valence-corrected chi connectivity index (χ4v) is 2.54. The van der Waals surface area contributed by atoms with Crippen LogP contribution in [-0.4, -0.2) is 11.6 Å². The van der Waals surface area contributed by atoms with Gasteiger partial charge in [0.25, 0.3) is 0 Å². The average Bonchev–Trinajstić information content (AvgIpc) is 2.11. The van der Waals surface area contributed by atoms with Crippen molar-refractivity contribution < 1.29 is 9.53 Å². The van der Waals surface area contributed by atoms with E-state index in [1.165, 1.54) is 0 Å². The highest BCUT2D eigenvalue weighted by Crippen LogP contribution is 2.46. The third kappa shape index (κ3) is 2.87. The molecule has 1 rings (SSSR count). The molecule has 2 nitrogen and oxygen atoms in total. The van der Waals surface area contributed by atoms with Crippen molar-refractivity contribution in [3.63, 3.8) is 0 Å². The maximum Gasteiger partial charge on any atom is 0.333 e. The van der Waals surface area contributed by atoms with E-state index < -0.39 is 0 Å². The molecular weight excluding hydrogens is 200 g/mol. The molecule has 0 aliphatic heterocycles. The number of ether oxygens (including phenoxy) is 1. The van der Waals surface area contributed by atoms with Crippen LogP contribution >= 0.6 is 0 Å². The first kappa shape index (κ1) is 13.3. The zero-order valence-electron chi connectivity index (χ0n) is 11.2. The molecular formula is C14H24O2. The average molecular weight is 224 g/mol. The Bertz CT molecular complexity index is 304. The molecule has 0 saturated heterocycles. The van der Waals surface area contributed by atoms with E-state index in [9.17, 15) is 4.79 Å². The zero-order valence-corrected chi connectivity index (χ0v) is 11.2. The molecule has 0 aromatic carbocycles. The molecule has 1 fully saturated rings. The van der Waals surface area contributed by atoms with Gasteiger partial charge < -0.3 is 4.74 Å². The molecule has 92 valence electrons. The second-order valence-corrected chi connectivity index (χ2v) is 6.22. The highest BCUT2D eigenvalue weighted by Gasteiger charge is 2.43. The lowest BCUT2D eigenvalue weighted by atomic mass is 9.64. The molecule has 2 heteroatoms. The van der Waals surface area contributed by atoms with Gasteiger partial charge in [0.05, 0.1) is 0 Å². The summed E-state index contributed by atoms with van der Waals surface area (Å²) in [5.41, 5.74) is 0.409. The van der Waals surface area contributed by atoms with Gasteiger partial charge in [-0.3, -0.25) is 0 Å². The lowest BCUT2D eigenvalue weighted by molar-refractivity contribution is -0.162. The van der Waals surface area contributed by atoms with E-state index >= 15 is 0 Å². The van der Waals surface area contributed by atoms with Crippen molar-refractivity contribution >= 4 is 5.97 Å². The molecule has 1 aliphatic rings. The molecule has 16 heavy (non-hydrogen) atoms. The van der Waals surface area contributed by atoms with Crippen LogP contribution in [0.5, 0.6) is 0 Å². The number of esters is 1. The van der Waals surface area contributed by atoms with Gasteiger partial charge in [0.15, 0.2) is 0 Å². The summed E-state index contributed by atoms with van der Waals surface area (Å²) in [6, 6.07) is 0. The standard InChI is InChI=1S/C14H24O2/c1-10(2)12(15)16-14(6)8-7-11(3)13(4,5)9-14/h11H,1,7-9H2,2-6H3. The first-order valence-electron chi connectivity index (χ1n) is 6.05. The number of carbonyl (C=O) groups excluding carboxylic acids is 1. The Kier molecular flexibility index (Phi) is 3.51. The summed E-state index contributed by atoms with van der Waals surface area (Å²) < 4.78 is 5.59. The molecule has 0 aromatic heterocycles. The van der Waals surface area contributed by atoms with Crippen LogP contribution in [0, 0.1) is 11.3 Å². The van der Waals surface area contributed by atoms with E-state index in [-0.39, 0.29) is 17.0 Å². The summed E-state index contributed by atoms with van der Waals surface area (Å²) in [6.07, 6.45) is 3.00. The first-order valence-corrected chi connectivity index (χ1v) is 6.05. The summed E-state index contributed by atoms with van der Waals surface area (Å²) in [5, 5.41) is 0. The molecule has 0 amide bonds. The summed E-state index contributed by atoms with van der Waals surface area (Å²) in [4.78, 5) is 11.6. The Morgan fingerprint density at radius 1 is 1.38 bits per heavy atom. The van der Waals surface area contributed by atoms with Crippen LogP contribution in [0.4, 0.5) is 0 Å². The SMILES string of the molecule is C=C(C)C(=O)OC1(C)CCC(C)C(C)(C)C1. The summed E-state index contributed by atoms with van der Waals surface area (Å²) in [5.74, 6) is 0.428. The lowest BCUT2D eigenvalue weighted by Crippen LogP contribution is -2.44. The Morgan fingerprint density at radius 3 is 2.38 bits per heavy atom. The molecule has 2 unspecified atom stereocenters. The minimum atomic E-state index is -0.313. The van der Waals surface area contributed by atoms with Crippen LogP contribution in [0.2, 0.25) is 0 Å². The predicted molar refractivity (Wildman–Crippen MR) is 66.1 cm³/mol. The van der Waals surface area contributed by atoms with Gasteiger partial charge in [-0.2, -0.15) is 0 Å². The minimum Gasteiger partial charge on any atom is -0.456 e. The molecule has 0 bridgehead atoms. The molecule has 2 atom stereocenters. The predicted octanol–water partition coefficient (Wildman–Crippen LogP) is 3.71. The fourth-order valence-electron chi connectivity index (χ4n) is 2.54. The second-order valence-electron chi connectivity index (χ2n) is 6.22. The Hall–Kier alpha value is -0.790. The third-order valence-corrected chi connectivity index (χ3v) is 3.96. The number of hydrogen-bond acceptors (Lipinski definition) is 2. The number of rotatable bonds is 2. The molecule has 0 radical (unpaired) electrons. The van der Waals surface area contributed by atoms with Crippen LogP contribution in [0.3, 0.4) is 0 Å². The van der Waals surface area contributed by atoms with Crippen LogP contribution in [0.25, 0.3) is 0 Å². The van der Waals surface area contributed by atoms with Crippen molar-refractivity contribution in [1.82, 2.24) is 0 Å². The first-order chi connectivity index (χ1) is 7.16. The lowest BCUT2D eigenvalue weighted by Gasteiger charge is -2.46. The summed E-state index contributed by atoms with van der Waals surface area (Å²) in [6.45, 7) is 14.2.